The first-order valence-corrected chi connectivity index (χ1v) is 6.43. The van der Waals surface area contributed by atoms with Gasteiger partial charge in [0.15, 0.2) is 0 Å². The van der Waals surface area contributed by atoms with Crippen LogP contribution in [0, 0.1) is 0 Å². The van der Waals surface area contributed by atoms with E-state index in [0.717, 1.165) is 32.2 Å². The van der Waals surface area contributed by atoms with Gasteiger partial charge < -0.3 is 10.6 Å². The molecule has 3 nitrogen and oxygen atoms in total. The minimum absolute atomic E-state index is 0.0552. The molecule has 0 radical (unpaired) electrons. The minimum Gasteiger partial charge on any atom is -0.321 e. The van der Waals surface area contributed by atoms with Gasteiger partial charge in [-0.2, -0.15) is 0 Å². The number of anilines is 1. The molecule has 2 aliphatic heterocycles. The lowest BCUT2D eigenvalue weighted by molar-refractivity contribution is -0.118. The SMILES string of the molecule is NC1(c2cc3c4c(c2)CCN4C(=O)CC3)CC1. The fourth-order valence-electron chi connectivity index (χ4n) is 3.17. The minimum atomic E-state index is -0.0552. The Hall–Kier alpha value is -1.35. The van der Waals surface area contributed by atoms with Gasteiger partial charge in [-0.3, -0.25) is 4.79 Å². The fraction of sp³-hybridized carbons (Fsp3) is 0.500. The molecule has 17 heavy (non-hydrogen) atoms. The third kappa shape index (κ3) is 1.23. The lowest BCUT2D eigenvalue weighted by Crippen LogP contribution is -2.33. The van der Waals surface area contributed by atoms with Crippen LogP contribution in [0.15, 0.2) is 12.1 Å². The smallest absolute Gasteiger partial charge is 0.227 e. The van der Waals surface area contributed by atoms with Crippen molar-refractivity contribution in [1.82, 2.24) is 0 Å². The van der Waals surface area contributed by atoms with Gasteiger partial charge in [-0.1, -0.05) is 12.1 Å². The molecule has 1 aliphatic carbocycles. The summed E-state index contributed by atoms with van der Waals surface area (Å²) >= 11 is 0. The Bertz CT molecular complexity index is 531. The van der Waals surface area contributed by atoms with Gasteiger partial charge in [0.25, 0.3) is 0 Å². The zero-order chi connectivity index (χ0) is 11.6. The largest absolute Gasteiger partial charge is 0.321 e. The maximum absolute atomic E-state index is 11.8. The van der Waals surface area contributed by atoms with Crippen LogP contribution in [-0.4, -0.2) is 12.5 Å². The number of aryl methyl sites for hydroxylation is 1. The summed E-state index contributed by atoms with van der Waals surface area (Å²) in [6.07, 6.45) is 4.76. The fourth-order valence-corrected chi connectivity index (χ4v) is 3.17. The summed E-state index contributed by atoms with van der Waals surface area (Å²) in [5, 5.41) is 0. The van der Waals surface area contributed by atoms with E-state index in [1.54, 1.807) is 0 Å². The van der Waals surface area contributed by atoms with Crippen molar-refractivity contribution in [3.05, 3.63) is 28.8 Å². The van der Waals surface area contributed by atoms with E-state index in [2.05, 4.69) is 12.1 Å². The van der Waals surface area contributed by atoms with E-state index in [0.29, 0.717) is 6.42 Å². The summed E-state index contributed by atoms with van der Waals surface area (Å²) in [5.41, 5.74) is 11.4. The van der Waals surface area contributed by atoms with Gasteiger partial charge in [0, 0.05) is 18.5 Å². The van der Waals surface area contributed by atoms with Crippen LogP contribution in [0.3, 0.4) is 0 Å². The maximum atomic E-state index is 11.8. The second-order valence-corrected chi connectivity index (χ2v) is 5.59. The van der Waals surface area contributed by atoms with Crippen LogP contribution < -0.4 is 10.6 Å². The molecule has 1 amide bonds. The normalized spacial score (nSPS) is 23.8. The third-order valence-electron chi connectivity index (χ3n) is 4.42. The van der Waals surface area contributed by atoms with Crippen molar-refractivity contribution in [2.45, 2.75) is 37.6 Å². The monoisotopic (exact) mass is 228 g/mol. The molecule has 2 heterocycles. The van der Waals surface area contributed by atoms with Gasteiger partial charge >= 0.3 is 0 Å². The number of nitrogens with zero attached hydrogens (tertiary/aromatic N) is 1. The van der Waals surface area contributed by atoms with Crippen LogP contribution in [0.4, 0.5) is 5.69 Å². The van der Waals surface area contributed by atoms with Crippen molar-refractivity contribution >= 4 is 11.6 Å². The first-order valence-electron chi connectivity index (χ1n) is 6.43. The predicted molar refractivity (Wildman–Crippen MR) is 65.9 cm³/mol. The standard InChI is InChI=1S/C14H16N2O/c15-14(4-5-14)11-7-9-1-2-12(17)16-6-3-10(8-11)13(9)16/h7-8H,1-6,15H2. The van der Waals surface area contributed by atoms with Crippen LogP contribution in [0.25, 0.3) is 0 Å². The molecule has 2 N–H and O–H groups in total. The highest BCUT2D eigenvalue weighted by Crippen LogP contribution is 2.46. The van der Waals surface area contributed by atoms with Crippen LogP contribution in [-0.2, 0) is 23.2 Å². The Balaban J connectivity index is 1.89. The van der Waals surface area contributed by atoms with E-state index in [1.807, 2.05) is 4.90 Å². The number of carbonyl (C=O) groups is 1. The molecule has 0 atom stereocenters. The number of rotatable bonds is 1. The van der Waals surface area contributed by atoms with Crippen molar-refractivity contribution in [3.63, 3.8) is 0 Å². The highest BCUT2D eigenvalue weighted by atomic mass is 16.2. The predicted octanol–water partition coefficient (Wildman–Crippen LogP) is 1.47. The van der Waals surface area contributed by atoms with Gasteiger partial charge in [-0.25, -0.2) is 0 Å². The van der Waals surface area contributed by atoms with Gasteiger partial charge in [0.05, 0.1) is 5.69 Å². The maximum Gasteiger partial charge on any atom is 0.227 e. The number of nitrogens with two attached hydrogens (primary N) is 1. The number of hydrogen-bond donors (Lipinski definition) is 1. The lowest BCUT2D eigenvalue weighted by Gasteiger charge is -2.26. The second kappa shape index (κ2) is 2.91. The molecule has 3 heteroatoms. The molecule has 1 aromatic rings. The van der Waals surface area contributed by atoms with E-state index >= 15 is 0 Å². The van der Waals surface area contributed by atoms with Gasteiger partial charge in [0.2, 0.25) is 5.91 Å². The Morgan fingerprint density at radius 2 is 1.82 bits per heavy atom. The molecule has 1 saturated carbocycles. The van der Waals surface area contributed by atoms with Crippen LogP contribution >= 0.6 is 0 Å². The summed E-state index contributed by atoms with van der Waals surface area (Å²) < 4.78 is 0. The van der Waals surface area contributed by atoms with Crippen LogP contribution in [0.2, 0.25) is 0 Å². The molecule has 88 valence electrons. The first-order chi connectivity index (χ1) is 8.17. The summed E-state index contributed by atoms with van der Waals surface area (Å²) in [7, 11) is 0. The number of hydrogen-bond acceptors (Lipinski definition) is 2. The van der Waals surface area contributed by atoms with Crippen molar-refractivity contribution in [2.75, 3.05) is 11.4 Å². The summed E-state index contributed by atoms with van der Waals surface area (Å²) in [5.74, 6) is 0.290. The molecule has 0 saturated heterocycles. The number of carbonyl (C=O) groups excluding carboxylic acids is 1. The average molecular weight is 228 g/mol. The van der Waals surface area contributed by atoms with Gasteiger partial charge in [0.1, 0.15) is 0 Å². The molecule has 0 spiro atoms. The Labute approximate surface area is 101 Å². The Morgan fingerprint density at radius 1 is 1.12 bits per heavy atom. The molecule has 0 aromatic heterocycles. The second-order valence-electron chi connectivity index (χ2n) is 5.59. The van der Waals surface area contributed by atoms with E-state index < -0.39 is 0 Å². The van der Waals surface area contributed by atoms with Gasteiger partial charge in [-0.15, -0.1) is 0 Å². The molecule has 1 fully saturated rings. The van der Waals surface area contributed by atoms with Crippen molar-refractivity contribution in [1.29, 1.82) is 0 Å². The summed E-state index contributed by atoms with van der Waals surface area (Å²) in [6, 6.07) is 4.49. The molecular formula is C14H16N2O. The van der Waals surface area contributed by atoms with Crippen molar-refractivity contribution in [2.24, 2.45) is 5.73 Å². The van der Waals surface area contributed by atoms with Crippen LogP contribution in [0.5, 0.6) is 0 Å². The first kappa shape index (κ1) is 9.66. The molecule has 3 aliphatic rings. The highest BCUT2D eigenvalue weighted by Gasteiger charge is 2.42. The lowest BCUT2D eigenvalue weighted by atomic mass is 9.93. The van der Waals surface area contributed by atoms with Crippen molar-refractivity contribution < 1.29 is 4.79 Å². The van der Waals surface area contributed by atoms with E-state index in [-0.39, 0.29) is 11.4 Å². The molecule has 0 bridgehead atoms. The van der Waals surface area contributed by atoms with E-state index in [1.165, 1.54) is 22.4 Å². The molecular weight excluding hydrogens is 212 g/mol. The topological polar surface area (TPSA) is 46.3 Å². The molecule has 0 unspecified atom stereocenters. The number of amides is 1. The quantitative estimate of drug-likeness (QED) is 0.791. The summed E-state index contributed by atoms with van der Waals surface area (Å²) in [6.45, 7) is 0.863. The molecule has 4 rings (SSSR count). The zero-order valence-corrected chi connectivity index (χ0v) is 9.83. The Morgan fingerprint density at radius 3 is 2.53 bits per heavy atom. The van der Waals surface area contributed by atoms with E-state index in [4.69, 9.17) is 5.73 Å². The van der Waals surface area contributed by atoms with Gasteiger partial charge in [-0.05, 0) is 42.4 Å². The third-order valence-corrected chi connectivity index (χ3v) is 4.42. The van der Waals surface area contributed by atoms with Crippen LogP contribution in [0.1, 0.15) is 36.0 Å². The average Bonchev–Trinajstić information content (AvgIpc) is 2.92. The highest BCUT2D eigenvalue weighted by molar-refractivity contribution is 5.98. The molecule has 1 aromatic carbocycles. The zero-order valence-electron chi connectivity index (χ0n) is 9.83. The number of benzene rings is 1. The Kier molecular flexibility index (Phi) is 1.65. The summed E-state index contributed by atoms with van der Waals surface area (Å²) in [4.78, 5) is 13.8. The van der Waals surface area contributed by atoms with E-state index in [9.17, 15) is 4.79 Å². The van der Waals surface area contributed by atoms with Crippen molar-refractivity contribution in [3.8, 4) is 0 Å².